The molecule has 3 aromatic rings. The van der Waals surface area contributed by atoms with Crippen LogP contribution in [-0.2, 0) is 17.8 Å². The lowest BCUT2D eigenvalue weighted by Gasteiger charge is -2.23. The van der Waals surface area contributed by atoms with E-state index in [4.69, 9.17) is 4.42 Å². The summed E-state index contributed by atoms with van der Waals surface area (Å²) >= 11 is 1.60. The van der Waals surface area contributed by atoms with E-state index in [0.717, 1.165) is 24.2 Å². The summed E-state index contributed by atoms with van der Waals surface area (Å²) in [6, 6.07) is 21.5. The van der Waals surface area contributed by atoms with Gasteiger partial charge in [-0.3, -0.25) is 9.59 Å². The van der Waals surface area contributed by atoms with Crippen molar-refractivity contribution in [2.75, 3.05) is 12.3 Å². The van der Waals surface area contributed by atoms with Gasteiger partial charge in [0.1, 0.15) is 11.1 Å². The first-order chi connectivity index (χ1) is 14.7. The molecular weight excluding hydrogens is 396 g/mol. The van der Waals surface area contributed by atoms with Crippen molar-refractivity contribution in [3.05, 3.63) is 95.4 Å². The Hall–Kier alpha value is -2.99. The number of nitrogens with zero attached hydrogens (tertiary/aromatic N) is 1. The van der Waals surface area contributed by atoms with Gasteiger partial charge in [0.2, 0.25) is 5.91 Å². The second kappa shape index (κ2) is 9.67. The average Bonchev–Trinajstić information content (AvgIpc) is 3.42. The first-order valence-electron chi connectivity index (χ1n) is 10.1. The van der Waals surface area contributed by atoms with E-state index in [-0.39, 0.29) is 17.2 Å². The summed E-state index contributed by atoms with van der Waals surface area (Å²) in [4.78, 5) is 26.6. The zero-order valence-corrected chi connectivity index (χ0v) is 17.4. The number of carbonyl (C=O) groups excluding carboxylic acids is 2. The van der Waals surface area contributed by atoms with Gasteiger partial charge in [-0.2, -0.15) is 0 Å². The van der Waals surface area contributed by atoms with Crippen molar-refractivity contribution in [1.29, 1.82) is 0 Å². The van der Waals surface area contributed by atoms with Crippen LogP contribution in [-0.4, -0.2) is 29.0 Å². The fourth-order valence-electron chi connectivity index (χ4n) is 3.51. The number of rotatable bonds is 8. The van der Waals surface area contributed by atoms with Gasteiger partial charge in [-0.25, -0.2) is 0 Å². The summed E-state index contributed by atoms with van der Waals surface area (Å²) in [7, 11) is 0. The van der Waals surface area contributed by atoms with Crippen LogP contribution in [0.3, 0.4) is 0 Å². The number of benzene rings is 2. The van der Waals surface area contributed by atoms with Gasteiger partial charge in [-0.05, 0) is 48.2 Å². The van der Waals surface area contributed by atoms with E-state index in [0.29, 0.717) is 24.4 Å². The van der Waals surface area contributed by atoms with Gasteiger partial charge in [0, 0.05) is 12.1 Å². The standard InChI is InChI=1S/C24H24N2O3S/c27-22-17-30-24(26(22)16-21-9-5-15-29-21)20-12-10-19(11-13-20)23(28)25-14-4-8-18-6-2-1-3-7-18/h1-3,5-7,9-13,15,24H,4,8,14,16-17H2,(H,25,28)/t24-/m0/s1. The third kappa shape index (κ3) is 4.94. The maximum absolute atomic E-state index is 12.4. The summed E-state index contributed by atoms with van der Waals surface area (Å²) in [6.45, 7) is 1.09. The van der Waals surface area contributed by atoms with E-state index in [1.54, 1.807) is 18.0 Å². The maximum atomic E-state index is 12.4. The minimum absolute atomic E-state index is 0.0643. The molecule has 1 atom stereocenters. The number of aryl methyl sites for hydroxylation is 1. The van der Waals surface area contributed by atoms with Crippen molar-refractivity contribution in [2.45, 2.75) is 24.8 Å². The Balaban J connectivity index is 1.31. The predicted octanol–water partition coefficient (Wildman–Crippen LogP) is 4.42. The SMILES string of the molecule is O=C(NCCCc1ccccc1)c1ccc([C@@H]2SCC(=O)N2Cc2ccco2)cc1. The van der Waals surface area contributed by atoms with E-state index < -0.39 is 0 Å². The molecule has 0 unspecified atom stereocenters. The molecule has 1 aliphatic heterocycles. The summed E-state index contributed by atoms with van der Waals surface area (Å²) in [5.41, 5.74) is 2.92. The number of carbonyl (C=O) groups is 2. The van der Waals surface area contributed by atoms with E-state index in [1.807, 2.05) is 59.5 Å². The minimum atomic E-state index is -0.0720. The van der Waals surface area contributed by atoms with Gasteiger partial charge in [-0.1, -0.05) is 42.5 Å². The highest BCUT2D eigenvalue weighted by molar-refractivity contribution is 8.00. The number of hydrogen-bond donors (Lipinski definition) is 1. The van der Waals surface area contributed by atoms with Crippen LogP contribution in [0.5, 0.6) is 0 Å². The lowest BCUT2D eigenvalue weighted by molar-refractivity contribution is -0.128. The Morgan fingerprint density at radius 2 is 1.87 bits per heavy atom. The van der Waals surface area contributed by atoms with Crippen molar-refractivity contribution in [2.24, 2.45) is 0 Å². The summed E-state index contributed by atoms with van der Waals surface area (Å²) in [5.74, 6) is 1.25. The fraction of sp³-hybridized carbons (Fsp3) is 0.250. The van der Waals surface area contributed by atoms with Gasteiger partial charge in [0.05, 0.1) is 18.6 Å². The first kappa shape index (κ1) is 20.3. The Bertz CT molecular complexity index is 971. The van der Waals surface area contributed by atoms with Crippen molar-refractivity contribution in [3.8, 4) is 0 Å². The molecule has 2 amide bonds. The molecule has 0 spiro atoms. The number of hydrogen-bond acceptors (Lipinski definition) is 4. The van der Waals surface area contributed by atoms with Gasteiger partial charge in [0.25, 0.3) is 5.91 Å². The molecule has 0 saturated carbocycles. The molecule has 2 heterocycles. The van der Waals surface area contributed by atoms with Crippen LogP contribution in [0.4, 0.5) is 0 Å². The molecule has 5 nitrogen and oxygen atoms in total. The second-order valence-corrected chi connectivity index (χ2v) is 8.30. The third-order valence-corrected chi connectivity index (χ3v) is 6.36. The lowest BCUT2D eigenvalue weighted by Crippen LogP contribution is -2.27. The van der Waals surface area contributed by atoms with E-state index >= 15 is 0 Å². The molecule has 1 saturated heterocycles. The van der Waals surface area contributed by atoms with Gasteiger partial charge < -0.3 is 14.6 Å². The maximum Gasteiger partial charge on any atom is 0.251 e. The summed E-state index contributed by atoms with van der Waals surface area (Å²) in [6.07, 6.45) is 3.46. The van der Waals surface area contributed by atoms with Crippen molar-refractivity contribution >= 4 is 23.6 Å². The molecule has 6 heteroatoms. The molecule has 154 valence electrons. The molecule has 0 aliphatic carbocycles. The molecule has 1 fully saturated rings. The highest BCUT2D eigenvalue weighted by Crippen LogP contribution is 2.39. The molecule has 1 aliphatic rings. The summed E-state index contributed by atoms with van der Waals surface area (Å²) < 4.78 is 5.40. The number of thioether (sulfide) groups is 1. The monoisotopic (exact) mass is 420 g/mol. The zero-order valence-electron chi connectivity index (χ0n) is 16.6. The van der Waals surface area contributed by atoms with Crippen LogP contribution in [0.25, 0.3) is 0 Å². The van der Waals surface area contributed by atoms with Gasteiger partial charge in [0.15, 0.2) is 0 Å². The number of furan rings is 1. The quantitative estimate of drug-likeness (QED) is 0.548. The Morgan fingerprint density at radius 3 is 2.60 bits per heavy atom. The number of amides is 2. The highest BCUT2D eigenvalue weighted by Gasteiger charge is 2.33. The van der Waals surface area contributed by atoms with E-state index in [1.165, 1.54) is 5.56 Å². The molecular formula is C24H24N2O3S. The summed E-state index contributed by atoms with van der Waals surface area (Å²) in [5, 5.41) is 2.92. The van der Waals surface area contributed by atoms with Gasteiger partial charge >= 0.3 is 0 Å². The third-order valence-electron chi connectivity index (χ3n) is 5.10. The first-order valence-corrected chi connectivity index (χ1v) is 11.1. The molecule has 4 rings (SSSR count). The van der Waals surface area contributed by atoms with Crippen molar-refractivity contribution in [1.82, 2.24) is 10.2 Å². The fourth-order valence-corrected chi connectivity index (χ4v) is 4.70. The molecule has 0 radical (unpaired) electrons. The van der Waals surface area contributed by atoms with Crippen LogP contribution in [0.2, 0.25) is 0 Å². The minimum Gasteiger partial charge on any atom is -0.467 e. The van der Waals surface area contributed by atoms with E-state index in [9.17, 15) is 9.59 Å². The van der Waals surface area contributed by atoms with Crippen LogP contribution in [0.1, 0.15) is 39.0 Å². The topological polar surface area (TPSA) is 62.6 Å². The Labute approximate surface area is 180 Å². The molecule has 0 bridgehead atoms. The van der Waals surface area contributed by atoms with Crippen molar-refractivity contribution in [3.63, 3.8) is 0 Å². The van der Waals surface area contributed by atoms with Crippen molar-refractivity contribution < 1.29 is 14.0 Å². The lowest BCUT2D eigenvalue weighted by atomic mass is 10.1. The molecule has 2 aromatic carbocycles. The van der Waals surface area contributed by atoms with Crippen LogP contribution in [0.15, 0.2) is 77.4 Å². The number of nitrogens with one attached hydrogen (secondary N) is 1. The van der Waals surface area contributed by atoms with Crippen LogP contribution in [0, 0.1) is 0 Å². The predicted molar refractivity (Wildman–Crippen MR) is 118 cm³/mol. The van der Waals surface area contributed by atoms with Gasteiger partial charge in [-0.15, -0.1) is 11.8 Å². The highest BCUT2D eigenvalue weighted by atomic mass is 32.2. The zero-order chi connectivity index (χ0) is 20.8. The second-order valence-electron chi connectivity index (χ2n) is 7.23. The normalized spacial score (nSPS) is 16.1. The molecule has 30 heavy (non-hydrogen) atoms. The Morgan fingerprint density at radius 1 is 1.07 bits per heavy atom. The van der Waals surface area contributed by atoms with E-state index in [2.05, 4.69) is 17.4 Å². The van der Waals surface area contributed by atoms with Crippen LogP contribution < -0.4 is 5.32 Å². The largest absolute Gasteiger partial charge is 0.467 e. The smallest absolute Gasteiger partial charge is 0.251 e. The Kier molecular flexibility index (Phi) is 6.54. The van der Waals surface area contributed by atoms with Crippen LogP contribution >= 0.6 is 11.8 Å². The average molecular weight is 421 g/mol. The molecule has 1 aromatic heterocycles. The molecule has 1 N–H and O–H groups in total.